The van der Waals surface area contributed by atoms with Crippen molar-refractivity contribution in [1.82, 2.24) is 10.2 Å². The number of nitrogens with one attached hydrogen (secondary N) is 2. The minimum atomic E-state index is -3.35. The number of hydrogen-bond donors (Lipinski definition) is 2. The predicted octanol–water partition coefficient (Wildman–Crippen LogP) is 3.78. The van der Waals surface area contributed by atoms with E-state index < -0.39 is 10.0 Å². The van der Waals surface area contributed by atoms with Crippen LogP contribution in [0.2, 0.25) is 0 Å². The van der Waals surface area contributed by atoms with Crippen molar-refractivity contribution in [2.45, 2.75) is 46.3 Å². The Kier molecular flexibility index (Phi) is 7.81. The quantitative estimate of drug-likeness (QED) is 0.651. The van der Waals surface area contributed by atoms with Gasteiger partial charge in [-0.1, -0.05) is 31.2 Å². The van der Waals surface area contributed by atoms with Crippen molar-refractivity contribution >= 4 is 21.6 Å². The third kappa shape index (κ3) is 7.18. The van der Waals surface area contributed by atoms with Gasteiger partial charge in [0, 0.05) is 23.8 Å². The normalized spacial score (nSPS) is 12.8. The molecule has 6 nitrogen and oxygen atoms in total. The van der Waals surface area contributed by atoms with E-state index in [9.17, 15) is 13.2 Å². The van der Waals surface area contributed by atoms with Crippen molar-refractivity contribution in [1.29, 1.82) is 0 Å². The number of nitrogens with zero attached hydrogens (tertiary/aromatic N) is 1. The van der Waals surface area contributed by atoms with Crippen molar-refractivity contribution in [3.63, 3.8) is 0 Å². The molecule has 2 aromatic carbocycles. The van der Waals surface area contributed by atoms with Gasteiger partial charge in [-0.15, -0.1) is 0 Å². The zero-order valence-electron chi connectivity index (χ0n) is 17.8. The number of benzene rings is 2. The molecule has 29 heavy (non-hydrogen) atoms. The lowest BCUT2D eigenvalue weighted by Gasteiger charge is -2.24. The van der Waals surface area contributed by atoms with Gasteiger partial charge < -0.3 is 5.32 Å². The summed E-state index contributed by atoms with van der Waals surface area (Å²) in [6.07, 6.45) is 1.11. The second-order valence-corrected chi connectivity index (χ2v) is 9.30. The van der Waals surface area contributed by atoms with Crippen LogP contribution in [0.15, 0.2) is 48.5 Å². The minimum absolute atomic E-state index is 0.165. The summed E-state index contributed by atoms with van der Waals surface area (Å²) in [5.41, 5.74) is 3.06. The van der Waals surface area contributed by atoms with E-state index in [4.69, 9.17) is 0 Å². The topological polar surface area (TPSA) is 78.5 Å². The van der Waals surface area contributed by atoms with Crippen molar-refractivity contribution in [2.24, 2.45) is 0 Å². The molecule has 7 heteroatoms. The Morgan fingerprint density at radius 2 is 1.72 bits per heavy atom. The highest BCUT2D eigenvalue weighted by molar-refractivity contribution is 7.92. The number of sulfonamides is 1. The molecule has 0 spiro atoms. The van der Waals surface area contributed by atoms with Crippen LogP contribution in [0.5, 0.6) is 0 Å². The Labute approximate surface area is 174 Å². The fourth-order valence-electron chi connectivity index (χ4n) is 3.10. The highest BCUT2D eigenvalue weighted by Crippen LogP contribution is 2.19. The predicted molar refractivity (Wildman–Crippen MR) is 118 cm³/mol. The van der Waals surface area contributed by atoms with Crippen molar-refractivity contribution in [2.75, 3.05) is 17.5 Å². The van der Waals surface area contributed by atoms with Crippen LogP contribution in [-0.2, 0) is 16.6 Å². The summed E-state index contributed by atoms with van der Waals surface area (Å²) >= 11 is 0. The molecule has 1 atom stereocenters. The Morgan fingerprint density at radius 1 is 1.07 bits per heavy atom. The van der Waals surface area contributed by atoms with Crippen LogP contribution in [0, 0.1) is 0 Å². The Balaban J connectivity index is 2.03. The minimum Gasteiger partial charge on any atom is -0.346 e. The number of amides is 1. The fourth-order valence-corrected chi connectivity index (χ4v) is 3.66. The molecule has 2 rings (SSSR count). The van der Waals surface area contributed by atoms with E-state index in [-0.39, 0.29) is 11.9 Å². The monoisotopic (exact) mass is 417 g/mol. The van der Waals surface area contributed by atoms with E-state index in [0.717, 1.165) is 24.9 Å². The lowest BCUT2D eigenvalue weighted by molar-refractivity contribution is 0.0940. The second-order valence-electron chi connectivity index (χ2n) is 7.55. The maximum atomic E-state index is 12.6. The average molecular weight is 418 g/mol. The van der Waals surface area contributed by atoms with Crippen LogP contribution < -0.4 is 10.0 Å². The van der Waals surface area contributed by atoms with Crippen LogP contribution in [0.1, 0.15) is 55.2 Å². The smallest absolute Gasteiger partial charge is 0.251 e. The van der Waals surface area contributed by atoms with Gasteiger partial charge in [0.25, 0.3) is 5.91 Å². The first-order chi connectivity index (χ1) is 13.6. The maximum Gasteiger partial charge on any atom is 0.251 e. The highest BCUT2D eigenvalue weighted by atomic mass is 32.2. The summed E-state index contributed by atoms with van der Waals surface area (Å²) in [4.78, 5) is 15.0. The molecule has 0 fully saturated rings. The van der Waals surface area contributed by atoms with Gasteiger partial charge in [-0.25, -0.2) is 8.42 Å². The van der Waals surface area contributed by atoms with Crippen molar-refractivity contribution in [3.05, 3.63) is 65.2 Å². The molecule has 0 aromatic heterocycles. The van der Waals surface area contributed by atoms with Gasteiger partial charge >= 0.3 is 0 Å². The molecule has 2 N–H and O–H groups in total. The molecule has 0 saturated carbocycles. The number of carbonyl (C=O) groups excluding carboxylic acids is 1. The van der Waals surface area contributed by atoms with Gasteiger partial charge in [0.05, 0.1) is 12.3 Å². The largest absolute Gasteiger partial charge is 0.346 e. The van der Waals surface area contributed by atoms with Gasteiger partial charge in [0.2, 0.25) is 10.0 Å². The average Bonchev–Trinajstić information content (AvgIpc) is 2.65. The zero-order chi connectivity index (χ0) is 21.6. The van der Waals surface area contributed by atoms with E-state index in [1.807, 2.05) is 37.3 Å². The number of rotatable bonds is 9. The first kappa shape index (κ1) is 22.9. The Hall–Kier alpha value is -2.38. The summed E-state index contributed by atoms with van der Waals surface area (Å²) in [5.74, 6) is -0.165. The molecule has 2 aromatic rings. The van der Waals surface area contributed by atoms with E-state index in [1.165, 1.54) is 5.56 Å². The van der Waals surface area contributed by atoms with Crippen molar-refractivity contribution < 1.29 is 13.2 Å². The SMILES string of the molecule is CCN(Cc1ccc(C(=O)NC(C)c2cccc(NS(C)(=O)=O)c2)cc1)C(C)C. The van der Waals surface area contributed by atoms with E-state index >= 15 is 0 Å². The molecule has 0 saturated heterocycles. The van der Waals surface area contributed by atoms with E-state index in [1.54, 1.807) is 18.2 Å². The Morgan fingerprint density at radius 3 is 2.28 bits per heavy atom. The van der Waals surface area contributed by atoms with E-state index in [2.05, 4.69) is 35.7 Å². The summed E-state index contributed by atoms with van der Waals surface area (Å²) in [6, 6.07) is 14.9. The molecule has 0 aliphatic heterocycles. The van der Waals surface area contributed by atoms with Crippen LogP contribution in [0.4, 0.5) is 5.69 Å². The number of hydrogen-bond acceptors (Lipinski definition) is 4. The van der Waals surface area contributed by atoms with Gasteiger partial charge in [0.15, 0.2) is 0 Å². The molecule has 1 unspecified atom stereocenters. The van der Waals surface area contributed by atoms with Crippen LogP contribution in [-0.4, -0.2) is 38.1 Å². The van der Waals surface area contributed by atoms with E-state index in [0.29, 0.717) is 17.3 Å². The lowest BCUT2D eigenvalue weighted by Crippen LogP contribution is -2.30. The van der Waals surface area contributed by atoms with Crippen LogP contribution in [0.3, 0.4) is 0 Å². The first-order valence-electron chi connectivity index (χ1n) is 9.80. The van der Waals surface area contributed by atoms with Gasteiger partial charge in [-0.3, -0.25) is 14.4 Å². The number of carbonyl (C=O) groups is 1. The standard InChI is InChI=1S/C22H31N3O3S/c1-6-25(16(2)3)15-18-10-12-19(13-11-18)22(26)23-17(4)20-8-7-9-21(14-20)24-29(5,27)28/h7-14,16-17,24H,6,15H2,1-5H3,(H,23,26). The number of anilines is 1. The van der Waals surface area contributed by atoms with Gasteiger partial charge in [-0.05, 0) is 62.7 Å². The third-order valence-corrected chi connectivity index (χ3v) is 5.38. The van der Waals surface area contributed by atoms with Crippen LogP contribution >= 0.6 is 0 Å². The molecule has 0 radical (unpaired) electrons. The van der Waals surface area contributed by atoms with Crippen molar-refractivity contribution in [3.8, 4) is 0 Å². The summed E-state index contributed by atoms with van der Waals surface area (Å²) in [5, 5.41) is 2.97. The third-order valence-electron chi connectivity index (χ3n) is 4.78. The first-order valence-corrected chi connectivity index (χ1v) is 11.7. The molecule has 158 valence electrons. The molecular formula is C22H31N3O3S. The zero-order valence-corrected chi connectivity index (χ0v) is 18.6. The highest BCUT2D eigenvalue weighted by Gasteiger charge is 2.13. The van der Waals surface area contributed by atoms with Gasteiger partial charge in [0.1, 0.15) is 0 Å². The molecule has 0 heterocycles. The van der Waals surface area contributed by atoms with Gasteiger partial charge in [-0.2, -0.15) is 0 Å². The molecule has 0 bridgehead atoms. The van der Waals surface area contributed by atoms with Crippen LogP contribution in [0.25, 0.3) is 0 Å². The maximum absolute atomic E-state index is 12.6. The second kappa shape index (κ2) is 9.89. The molecular weight excluding hydrogens is 386 g/mol. The summed E-state index contributed by atoms with van der Waals surface area (Å²) in [6.45, 7) is 10.2. The fraction of sp³-hybridized carbons (Fsp3) is 0.409. The molecule has 0 aliphatic carbocycles. The molecule has 1 amide bonds. The molecule has 0 aliphatic rings. The Bertz CT molecular complexity index is 925. The summed E-state index contributed by atoms with van der Waals surface area (Å²) < 4.78 is 25.3. The lowest BCUT2D eigenvalue weighted by atomic mass is 10.1. The summed E-state index contributed by atoms with van der Waals surface area (Å²) in [7, 11) is -3.35.